The fraction of sp³-hybridized carbons (Fsp3) is 0.111. The fourth-order valence-electron chi connectivity index (χ4n) is 2.33. The summed E-state index contributed by atoms with van der Waals surface area (Å²) in [6, 6.07) is 12.8. The topological polar surface area (TPSA) is 154 Å². The van der Waals surface area contributed by atoms with Crippen LogP contribution in [0.1, 0.15) is 11.3 Å². The van der Waals surface area contributed by atoms with Gasteiger partial charge in [0.05, 0.1) is 11.4 Å². The predicted octanol–water partition coefficient (Wildman–Crippen LogP) is 0.0977. The zero-order chi connectivity index (χ0) is 19.8. The number of pyridine rings is 1. The molecule has 8 nitrogen and oxygen atoms in total. The third kappa shape index (κ3) is 5.40. The van der Waals surface area contributed by atoms with Crippen molar-refractivity contribution < 1.29 is 14.4 Å². The molecule has 1 atom stereocenters. The lowest BCUT2D eigenvalue weighted by Gasteiger charge is -2.17. The number of Topliss-reactive ketones (excluding diaryl/α,β-unsaturated/α-hetero) is 1. The van der Waals surface area contributed by atoms with Crippen LogP contribution in [-0.2, 0) is 20.8 Å². The molecule has 27 heavy (non-hydrogen) atoms. The number of ketones is 1. The van der Waals surface area contributed by atoms with Gasteiger partial charge in [-0.2, -0.15) is 0 Å². The number of hydrogen-bond donors (Lipinski definition) is 4. The van der Waals surface area contributed by atoms with Gasteiger partial charge in [0.2, 0.25) is 5.78 Å². The standard InChI is InChI=1S/C18H19N5O3S/c19-14(12-8-4-5-9-22-12)16(27-21)18(26)23-13(15(24)17(20)25)10-11-6-2-1-3-7-11/h1-9,13H,10,19,21H2,(H2,20,25)(H,23,26)/b16-14-. The van der Waals surface area contributed by atoms with E-state index < -0.39 is 23.6 Å². The second-order valence-electron chi connectivity index (χ2n) is 5.52. The maximum absolute atomic E-state index is 12.6. The molecule has 0 radical (unpaired) electrons. The van der Waals surface area contributed by atoms with E-state index in [1.807, 2.05) is 6.07 Å². The first-order valence-corrected chi connectivity index (χ1v) is 8.78. The highest BCUT2D eigenvalue weighted by Crippen LogP contribution is 2.19. The smallest absolute Gasteiger partial charge is 0.287 e. The van der Waals surface area contributed by atoms with Gasteiger partial charge >= 0.3 is 0 Å². The molecule has 0 bridgehead atoms. The minimum absolute atomic E-state index is 0.0240. The number of aromatic nitrogens is 1. The molecule has 140 valence electrons. The van der Waals surface area contributed by atoms with Crippen LogP contribution < -0.4 is 21.9 Å². The summed E-state index contributed by atoms with van der Waals surface area (Å²) in [5.41, 5.74) is 12.3. The molecule has 2 rings (SSSR count). The molecular formula is C18H19N5O3S. The number of hydrogen-bond acceptors (Lipinski definition) is 7. The third-order valence-electron chi connectivity index (χ3n) is 3.66. The molecule has 0 aliphatic carbocycles. The number of rotatable bonds is 8. The van der Waals surface area contributed by atoms with Gasteiger partial charge in [-0.3, -0.25) is 24.5 Å². The molecule has 0 saturated heterocycles. The number of nitrogens with zero attached hydrogens (tertiary/aromatic N) is 1. The van der Waals surface area contributed by atoms with Crippen molar-refractivity contribution in [1.82, 2.24) is 10.3 Å². The van der Waals surface area contributed by atoms with E-state index in [9.17, 15) is 14.4 Å². The molecule has 9 heteroatoms. The van der Waals surface area contributed by atoms with Crippen molar-refractivity contribution in [3.63, 3.8) is 0 Å². The quantitative estimate of drug-likeness (QED) is 0.285. The van der Waals surface area contributed by atoms with Crippen LogP contribution >= 0.6 is 11.9 Å². The minimum Gasteiger partial charge on any atom is -0.396 e. The first-order chi connectivity index (χ1) is 12.9. The van der Waals surface area contributed by atoms with Crippen LogP contribution in [-0.4, -0.2) is 28.6 Å². The largest absolute Gasteiger partial charge is 0.396 e. The molecule has 2 amide bonds. The number of benzene rings is 1. The van der Waals surface area contributed by atoms with Gasteiger partial charge in [0.25, 0.3) is 11.8 Å². The minimum atomic E-state index is -1.14. The summed E-state index contributed by atoms with van der Waals surface area (Å²) in [6.07, 6.45) is 1.62. The molecule has 0 spiro atoms. The van der Waals surface area contributed by atoms with E-state index in [-0.39, 0.29) is 17.0 Å². The number of carbonyl (C=O) groups excluding carboxylic acids is 3. The van der Waals surface area contributed by atoms with Crippen LogP contribution in [0.3, 0.4) is 0 Å². The lowest BCUT2D eigenvalue weighted by molar-refractivity contribution is -0.138. The molecular weight excluding hydrogens is 366 g/mol. The van der Waals surface area contributed by atoms with E-state index in [0.29, 0.717) is 17.6 Å². The summed E-state index contributed by atoms with van der Waals surface area (Å²) >= 11 is 0.624. The summed E-state index contributed by atoms with van der Waals surface area (Å²) < 4.78 is 0. The summed E-state index contributed by atoms with van der Waals surface area (Å²) in [7, 11) is 0. The predicted molar refractivity (Wildman–Crippen MR) is 103 cm³/mol. The average Bonchev–Trinajstić information content (AvgIpc) is 2.68. The van der Waals surface area contributed by atoms with Crippen molar-refractivity contribution in [3.05, 3.63) is 70.9 Å². The van der Waals surface area contributed by atoms with Crippen LogP contribution in [0.25, 0.3) is 5.70 Å². The van der Waals surface area contributed by atoms with Gasteiger partial charge in [-0.1, -0.05) is 36.4 Å². The maximum Gasteiger partial charge on any atom is 0.287 e. The Hall–Kier alpha value is -3.17. The molecule has 2 aromatic rings. The average molecular weight is 385 g/mol. The van der Waals surface area contributed by atoms with E-state index in [4.69, 9.17) is 16.6 Å². The molecule has 1 heterocycles. The van der Waals surface area contributed by atoms with Gasteiger partial charge in [0.1, 0.15) is 10.9 Å². The Morgan fingerprint density at radius 2 is 1.70 bits per heavy atom. The Labute approximate surface area is 160 Å². The van der Waals surface area contributed by atoms with Crippen molar-refractivity contribution in [1.29, 1.82) is 0 Å². The molecule has 7 N–H and O–H groups in total. The summed E-state index contributed by atoms with van der Waals surface area (Å²) in [5, 5.41) is 8.08. The molecule has 1 unspecified atom stereocenters. The van der Waals surface area contributed by atoms with Crippen molar-refractivity contribution >= 4 is 35.2 Å². The van der Waals surface area contributed by atoms with E-state index in [1.165, 1.54) is 6.20 Å². The number of nitrogens with one attached hydrogen (secondary N) is 1. The van der Waals surface area contributed by atoms with Gasteiger partial charge in [-0.25, -0.2) is 0 Å². The van der Waals surface area contributed by atoms with Crippen molar-refractivity contribution in [2.45, 2.75) is 12.5 Å². The SMILES string of the molecule is NS/C(C(=O)NC(Cc1ccccc1)C(=O)C(N)=O)=C(\N)c1ccccn1. The first kappa shape index (κ1) is 20.1. The van der Waals surface area contributed by atoms with Gasteiger partial charge < -0.3 is 16.8 Å². The Morgan fingerprint density at radius 1 is 1.04 bits per heavy atom. The van der Waals surface area contributed by atoms with Crippen LogP contribution in [0, 0.1) is 0 Å². The molecule has 0 aliphatic rings. The van der Waals surface area contributed by atoms with E-state index >= 15 is 0 Å². The Morgan fingerprint density at radius 3 is 2.26 bits per heavy atom. The Bertz CT molecular complexity index is 856. The highest BCUT2D eigenvalue weighted by molar-refractivity contribution is 8.02. The number of primary amides is 1. The molecule has 1 aromatic heterocycles. The van der Waals surface area contributed by atoms with Crippen molar-refractivity contribution in [2.24, 2.45) is 16.6 Å². The first-order valence-electron chi connectivity index (χ1n) is 7.90. The zero-order valence-corrected chi connectivity index (χ0v) is 15.1. The van der Waals surface area contributed by atoms with Gasteiger partial charge in [0, 0.05) is 12.6 Å². The second kappa shape index (κ2) is 9.51. The van der Waals surface area contributed by atoms with E-state index in [1.54, 1.807) is 42.5 Å². The monoisotopic (exact) mass is 385 g/mol. The van der Waals surface area contributed by atoms with Gasteiger partial charge in [0.15, 0.2) is 0 Å². The number of nitrogens with two attached hydrogens (primary N) is 3. The molecule has 0 fully saturated rings. The van der Waals surface area contributed by atoms with Crippen LogP contribution in [0.5, 0.6) is 0 Å². The van der Waals surface area contributed by atoms with E-state index in [0.717, 1.165) is 5.56 Å². The second-order valence-corrected chi connectivity index (χ2v) is 6.16. The number of carbonyl (C=O) groups is 3. The van der Waals surface area contributed by atoms with Crippen LogP contribution in [0.4, 0.5) is 0 Å². The molecule has 1 aromatic carbocycles. The lowest BCUT2D eigenvalue weighted by atomic mass is 10.0. The Balaban J connectivity index is 2.28. The van der Waals surface area contributed by atoms with Crippen molar-refractivity contribution in [2.75, 3.05) is 0 Å². The highest BCUT2D eigenvalue weighted by Gasteiger charge is 2.27. The summed E-state index contributed by atoms with van der Waals surface area (Å²) in [6.45, 7) is 0. The highest BCUT2D eigenvalue weighted by atomic mass is 32.2. The third-order valence-corrected chi connectivity index (χ3v) is 4.30. The Kier molecular flexibility index (Phi) is 7.09. The maximum atomic E-state index is 12.6. The normalized spacial score (nSPS) is 12.6. The van der Waals surface area contributed by atoms with Gasteiger partial charge in [-0.15, -0.1) is 0 Å². The van der Waals surface area contributed by atoms with E-state index in [2.05, 4.69) is 10.3 Å². The zero-order valence-electron chi connectivity index (χ0n) is 14.3. The van der Waals surface area contributed by atoms with Crippen molar-refractivity contribution in [3.8, 4) is 0 Å². The summed E-state index contributed by atoms with van der Waals surface area (Å²) in [5.74, 6) is -2.74. The van der Waals surface area contributed by atoms with Crippen LogP contribution in [0.2, 0.25) is 0 Å². The number of amides is 2. The molecule has 0 aliphatic heterocycles. The van der Waals surface area contributed by atoms with Gasteiger partial charge in [-0.05, 0) is 29.6 Å². The lowest BCUT2D eigenvalue weighted by Crippen LogP contribution is -2.47. The summed E-state index contributed by atoms with van der Waals surface area (Å²) in [4.78, 5) is 40.2. The fourth-order valence-corrected chi connectivity index (χ4v) is 2.73. The van der Waals surface area contributed by atoms with Crippen LogP contribution in [0.15, 0.2) is 59.6 Å². The molecule has 0 saturated carbocycles.